The average Bonchev–Trinajstić information content (AvgIpc) is 2.85. The van der Waals surface area contributed by atoms with Gasteiger partial charge in [-0.3, -0.25) is 0 Å². The Kier molecular flexibility index (Phi) is 6.70. The molecule has 29 heavy (non-hydrogen) atoms. The summed E-state index contributed by atoms with van der Waals surface area (Å²) in [6.45, 7) is 17.5. The van der Waals surface area contributed by atoms with Crippen LogP contribution in [0.1, 0.15) is 96.6 Å². The molecular formula is C27H44N2. The predicted octanol–water partition coefficient (Wildman–Crippen LogP) is 7.06. The minimum atomic E-state index is 0.407. The summed E-state index contributed by atoms with van der Waals surface area (Å²) in [6.07, 6.45) is 10.2. The monoisotopic (exact) mass is 396 g/mol. The van der Waals surface area contributed by atoms with Gasteiger partial charge in [0.25, 0.3) is 0 Å². The molecule has 0 saturated heterocycles. The number of nitrogens with two attached hydrogens (primary N) is 1. The normalized spacial score (nSPS) is 31.6. The summed E-state index contributed by atoms with van der Waals surface area (Å²) in [5, 5.41) is 3.43. The molecule has 2 nitrogen and oxygen atoms in total. The van der Waals surface area contributed by atoms with Crippen LogP contribution >= 0.6 is 0 Å². The molecule has 1 aromatic carbocycles. The summed E-state index contributed by atoms with van der Waals surface area (Å²) in [6, 6.07) is 6.63. The van der Waals surface area contributed by atoms with E-state index in [0.29, 0.717) is 16.7 Å². The Morgan fingerprint density at radius 3 is 2.72 bits per heavy atom. The molecule has 0 radical (unpaired) electrons. The second-order valence-electron chi connectivity index (χ2n) is 10.8. The van der Waals surface area contributed by atoms with Crippen molar-refractivity contribution in [2.45, 2.75) is 91.9 Å². The lowest BCUT2D eigenvalue weighted by molar-refractivity contribution is 0.0560. The van der Waals surface area contributed by atoms with Crippen molar-refractivity contribution in [3.05, 3.63) is 41.6 Å². The fourth-order valence-corrected chi connectivity index (χ4v) is 6.64. The summed E-state index contributed by atoms with van der Waals surface area (Å²) >= 11 is 0. The summed E-state index contributed by atoms with van der Waals surface area (Å²) in [4.78, 5) is 0. The first kappa shape index (κ1) is 22.2. The van der Waals surface area contributed by atoms with Crippen LogP contribution in [0.3, 0.4) is 0 Å². The van der Waals surface area contributed by atoms with Gasteiger partial charge < -0.3 is 11.1 Å². The maximum Gasteiger partial charge on any atom is 0.0316 e. The van der Waals surface area contributed by atoms with E-state index in [9.17, 15) is 0 Å². The summed E-state index contributed by atoms with van der Waals surface area (Å²) in [5.41, 5.74) is 12.1. The van der Waals surface area contributed by atoms with E-state index in [1.165, 1.54) is 61.8 Å². The lowest BCUT2D eigenvalue weighted by Crippen LogP contribution is -2.36. The highest BCUT2D eigenvalue weighted by molar-refractivity contribution is 5.46. The highest BCUT2D eigenvalue weighted by atomic mass is 14.9. The highest BCUT2D eigenvalue weighted by Crippen LogP contribution is 2.63. The molecule has 4 atom stereocenters. The third kappa shape index (κ3) is 4.52. The van der Waals surface area contributed by atoms with Crippen LogP contribution in [0.25, 0.3) is 0 Å². The minimum Gasteiger partial charge on any atom is -0.399 e. The molecule has 0 aromatic heterocycles. The second kappa shape index (κ2) is 8.74. The molecule has 0 amide bonds. The third-order valence-electron chi connectivity index (χ3n) is 8.71. The topological polar surface area (TPSA) is 38.0 Å². The smallest absolute Gasteiger partial charge is 0.0316 e. The van der Waals surface area contributed by atoms with Gasteiger partial charge in [0, 0.05) is 17.9 Å². The molecule has 1 aromatic rings. The van der Waals surface area contributed by atoms with Crippen molar-refractivity contribution in [2.75, 3.05) is 12.3 Å². The van der Waals surface area contributed by atoms with Crippen molar-refractivity contribution in [3.8, 4) is 0 Å². The van der Waals surface area contributed by atoms with Crippen LogP contribution in [0.2, 0.25) is 0 Å². The summed E-state index contributed by atoms with van der Waals surface area (Å²) in [5.74, 6) is 2.26. The molecule has 4 unspecified atom stereocenters. The molecular weight excluding hydrogens is 352 g/mol. The van der Waals surface area contributed by atoms with Gasteiger partial charge in [-0.15, -0.1) is 0 Å². The van der Waals surface area contributed by atoms with Crippen LogP contribution in [-0.4, -0.2) is 6.54 Å². The number of hydrogen-bond acceptors (Lipinski definition) is 2. The fourth-order valence-electron chi connectivity index (χ4n) is 6.64. The van der Waals surface area contributed by atoms with Crippen molar-refractivity contribution in [3.63, 3.8) is 0 Å². The van der Waals surface area contributed by atoms with E-state index in [1.807, 2.05) is 0 Å². The SMILES string of the molecule is C=C(CCC1CC(C)(C)C2(C)CCC(C)c3ccc(N)cc3CCCC12)NCC. The van der Waals surface area contributed by atoms with Gasteiger partial charge >= 0.3 is 0 Å². The molecule has 0 bridgehead atoms. The van der Waals surface area contributed by atoms with Crippen LogP contribution in [0.15, 0.2) is 30.5 Å². The van der Waals surface area contributed by atoms with Crippen molar-refractivity contribution < 1.29 is 0 Å². The van der Waals surface area contributed by atoms with E-state index in [0.717, 1.165) is 30.5 Å². The van der Waals surface area contributed by atoms with Crippen molar-refractivity contribution >= 4 is 5.69 Å². The van der Waals surface area contributed by atoms with E-state index in [-0.39, 0.29) is 0 Å². The number of allylic oxidation sites excluding steroid dienone is 1. The Labute approximate surface area is 179 Å². The van der Waals surface area contributed by atoms with Gasteiger partial charge in [-0.05, 0) is 110 Å². The molecule has 1 fully saturated rings. The van der Waals surface area contributed by atoms with E-state index in [4.69, 9.17) is 5.73 Å². The maximum absolute atomic E-state index is 6.13. The lowest BCUT2D eigenvalue weighted by atomic mass is 9.60. The second-order valence-corrected chi connectivity index (χ2v) is 10.8. The molecule has 2 aliphatic carbocycles. The van der Waals surface area contributed by atoms with Gasteiger partial charge in [0.2, 0.25) is 0 Å². The number of benzene rings is 1. The van der Waals surface area contributed by atoms with E-state index < -0.39 is 0 Å². The quantitative estimate of drug-likeness (QED) is 0.523. The molecule has 0 aliphatic heterocycles. The van der Waals surface area contributed by atoms with Gasteiger partial charge in [0.15, 0.2) is 0 Å². The first-order valence-electron chi connectivity index (χ1n) is 12.0. The van der Waals surface area contributed by atoms with Gasteiger partial charge in [-0.1, -0.05) is 40.3 Å². The number of nitrogens with one attached hydrogen (secondary N) is 1. The van der Waals surface area contributed by atoms with E-state index >= 15 is 0 Å². The van der Waals surface area contributed by atoms with Crippen molar-refractivity contribution in [1.82, 2.24) is 5.32 Å². The predicted molar refractivity (Wildman–Crippen MR) is 127 cm³/mol. The maximum atomic E-state index is 6.13. The van der Waals surface area contributed by atoms with E-state index in [2.05, 4.69) is 64.7 Å². The number of anilines is 1. The molecule has 2 heteroatoms. The largest absolute Gasteiger partial charge is 0.399 e. The molecule has 3 N–H and O–H groups in total. The Morgan fingerprint density at radius 2 is 2.00 bits per heavy atom. The Hall–Kier alpha value is -1.44. The zero-order valence-electron chi connectivity index (χ0n) is 19.6. The zero-order valence-corrected chi connectivity index (χ0v) is 19.6. The van der Waals surface area contributed by atoms with Gasteiger partial charge in [-0.25, -0.2) is 0 Å². The number of hydrogen-bond donors (Lipinski definition) is 2. The van der Waals surface area contributed by atoms with Crippen LogP contribution < -0.4 is 11.1 Å². The molecule has 162 valence electrons. The standard InChI is InChI=1S/C27H44N2/c1-7-29-20(3)11-12-22-18-26(4,5)27(6)16-15-19(2)24-14-13-23(28)17-21(24)9-8-10-25(22)27/h13-14,17,19,22,25,29H,3,7-12,15-16,18,28H2,1-2,4-6H3. The molecule has 1 saturated carbocycles. The highest BCUT2D eigenvalue weighted by Gasteiger charge is 2.55. The number of nitrogen functional groups attached to an aromatic ring is 1. The van der Waals surface area contributed by atoms with Gasteiger partial charge in [0.05, 0.1) is 0 Å². The number of fused-ring (bicyclic) bond motifs is 2. The van der Waals surface area contributed by atoms with Crippen molar-refractivity contribution in [1.29, 1.82) is 0 Å². The first-order chi connectivity index (χ1) is 13.7. The summed E-state index contributed by atoms with van der Waals surface area (Å²) < 4.78 is 0. The lowest BCUT2D eigenvalue weighted by Gasteiger charge is -2.44. The third-order valence-corrected chi connectivity index (χ3v) is 8.71. The van der Waals surface area contributed by atoms with Gasteiger partial charge in [0.1, 0.15) is 0 Å². The minimum absolute atomic E-state index is 0.407. The van der Waals surface area contributed by atoms with E-state index in [1.54, 1.807) is 0 Å². The van der Waals surface area contributed by atoms with Gasteiger partial charge in [-0.2, -0.15) is 0 Å². The number of aryl methyl sites for hydroxylation is 1. The van der Waals surface area contributed by atoms with Crippen LogP contribution in [0.4, 0.5) is 5.69 Å². The number of rotatable bonds is 5. The average molecular weight is 397 g/mol. The molecule has 0 spiro atoms. The Balaban J connectivity index is 1.83. The molecule has 3 rings (SSSR count). The molecule has 2 aliphatic rings. The van der Waals surface area contributed by atoms with Crippen molar-refractivity contribution in [2.24, 2.45) is 22.7 Å². The Morgan fingerprint density at radius 1 is 1.24 bits per heavy atom. The molecule has 0 heterocycles. The van der Waals surface area contributed by atoms with Crippen LogP contribution in [-0.2, 0) is 6.42 Å². The Bertz CT molecular complexity index is 719. The summed E-state index contributed by atoms with van der Waals surface area (Å²) in [7, 11) is 0. The zero-order chi connectivity index (χ0) is 21.2. The van der Waals surface area contributed by atoms with Crippen LogP contribution in [0.5, 0.6) is 0 Å². The van der Waals surface area contributed by atoms with Crippen LogP contribution in [0, 0.1) is 22.7 Å². The first-order valence-corrected chi connectivity index (χ1v) is 12.0. The fraction of sp³-hybridized carbons (Fsp3) is 0.704.